The quantitative estimate of drug-likeness (QED) is 0.888. The summed E-state index contributed by atoms with van der Waals surface area (Å²) in [5.74, 6) is 0.494. The van der Waals surface area contributed by atoms with Gasteiger partial charge in [-0.3, -0.25) is 0 Å². The number of nitrogens with two attached hydrogens (primary N) is 1. The summed E-state index contributed by atoms with van der Waals surface area (Å²) in [5.41, 5.74) is 9.14. The normalized spacial score (nSPS) is 25.3. The molecule has 0 amide bonds. The second-order valence-corrected chi connectivity index (χ2v) is 5.96. The van der Waals surface area contributed by atoms with Crippen LogP contribution in [-0.2, 0) is 6.42 Å². The van der Waals surface area contributed by atoms with E-state index in [4.69, 9.17) is 17.3 Å². The first-order valence-corrected chi connectivity index (χ1v) is 7.13. The van der Waals surface area contributed by atoms with E-state index >= 15 is 0 Å². The highest BCUT2D eigenvalue weighted by Crippen LogP contribution is 2.52. The molecule has 2 heteroatoms. The van der Waals surface area contributed by atoms with Gasteiger partial charge in [-0.25, -0.2) is 0 Å². The Morgan fingerprint density at radius 3 is 2.42 bits per heavy atom. The third-order valence-electron chi connectivity index (χ3n) is 4.11. The summed E-state index contributed by atoms with van der Waals surface area (Å²) in [6, 6.07) is 18.7. The van der Waals surface area contributed by atoms with Crippen molar-refractivity contribution in [3.63, 3.8) is 0 Å². The number of hydrogen-bond acceptors (Lipinski definition) is 1. The molecule has 1 aliphatic carbocycles. The van der Waals surface area contributed by atoms with E-state index < -0.39 is 0 Å². The summed E-state index contributed by atoms with van der Waals surface area (Å²) < 4.78 is 0. The van der Waals surface area contributed by atoms with Crippen LogP contribution in [0, 0.1) is 0 Å². The molecule has 19 heavy (non-hydrogen) atoms. The smallest absolute Gasteiger partial charge is 0.0406 e. The minimum Gasteiger partial charge on any atom is -0.325 e. The van der Waals surface area contributed by atoms with Gasteiger partial charge in [0.05, 0.1) is 0 Å². The zero-order valence-electron chi connectivity index (χ0n) is 10.9. The maximum atomic E-state index is 6.48. The van der Waals surface area contributed by atoms with Gasteiger partial charge in [-0.1, -0.05) is 54.1 Å². The van der Waals surface area contributed by atoms with E-state index in [9.17, 15) is 0 Å². The van der Waals surface area contributed by atoms with Gasteiger partial charge in [0.25, 0.3) is 0 Å². The van der Waals surface area contributed by atoms with Crippen molar-refractivity contribution < 1.29 is 0 Å². The molecule has 1 fully saturated rings. The van der Waals surface area contributed by atoms with Crippen LogP contribution in [0.4, 0.5) is 0 Å². The van der Waals surface area contributed by atoms with E-state index in [0.717, 1.165) is 24.3 Å². The molecule has 0 aromatic heterocycles. The average Bonchev–Trinajstić information content (AvgIpc) is 3.11. The topological polar surface area (TPSA) is 26.0 Å². The molecule has 0 aliphatic heterocycles. The molecule has 0 heterocycles. The van der Waals surface area contributed by atoms with Gasteiger partial charge in [0, 0.05) is 16.5 Å². The maximum Gasteiger partial charge on any atom is 0.0406 e. The van der Waals surface area contributed by atoms with Gasteiger partial charge in [-0.05, 0) is 42.5 Å². The summed E-state index contributed by atoms with van der Waals surface area (Å²) in [6.07, 6.45) is 3.19. The van der Waals surface area contributed by atoms with E-state index in [1.54, 1.807) is 0 Å². The lowest BCUT2D eigenvalue weighted by Gasteiger charge is -2.12. The Morgan fingerprint density at radius 1 is 1.05 bits per heavy atom. The van der Waals surface area contributed by atoms with Crippen molar-refractivity contribution in [1.29, 1.82) is 0 Å². The van der Waals surface area contributed by atoms with Crippen LogP contribution in [0.3, 0.4) is 0 Å². The van der Waals surface area contributed by atoms with Crippen molar-refractivity contribution >= 4 is 11.6 Å². The van der Waals surface area contributed by atoms with Crippen LogP contribution in [-0.4, -0.2) is 5.54 Å². The van der Waals surface area contributed by atoms with E-state index in [-0.39, 0.29) is 5.54 Å². The molecule has 2 atom stereocenters. The molecule has 0 unspecified atom stereocenters. The first-order chi connectivity index (χ1) is 9.17. The second kappa shape index (κ2) is 4.99. The molecule has 0 bridgehead atoms. The number of aryl methyl sites for hydroxylation is 1. The molecule has 2 aromatic carbocycles. The van der Waals surface area contributed by atoms with Gasteiger partial charge >= 0.3 is 0 Å². The third kappa shape index (κ3) is 2.83. The number of hydrogen-bond donors (Lipinski definition) is 1. The molecule has 1 aliphatic rings. The van der Waals surface area contributed by atoms with Crippen LogP contribution >= 0.6 is 11.6 Å². The average molecular weight is 272 g/mol. The summed E-state index contributed by atoms with van der Waals surface area (Å²) in [7, 11) is 0. The Hall–Kier alpha value is -1.31. The number of rotatable bonds is 4. The maximum absolute atomic E-state index is 6.48. The van der Waals surface area contributed by atoms with Crippen LogP contribution in [0.1, 0.15) is 29.9 Å². The van der Waals surface area contributed by atoms with E-state index in [0.29, 0.717) is 5.92 Å². The van der Waals surface area contributed by atoms with Crippen molar-refractivity contribution in [2.45, 2.75) is 30.7 Å². The third-order valence-corrected chi connectivity index (χ3v) is 4.36. The van der Waals surface area contributed by atoms with E-state index in [1.165, 1.54) is 11.1 Å². The summed E-state index contributed by atoms with van der Waals surface area (Å²) in [4.78, 5) is 0. The minimum atomic E-state index is -0.0241. The molecule has 2 N–H and O–H groups in total. The van der Waals surface area contributed by atoms with Gasteiger partial charge in [-0.15, -0.1) is 0 Å². The number of benzene rings is 2. The van der Waals surface area contributed by atoms with Crippen molar-refractivity contribution in [2.24, 2.45) is 5.73 Å². The second-order valence-electron chi connectivity index (χ2n) is 5.53. The molecule has 1 nitrogen and oxygen atoms in total. The van der Waals surface area contributed by atoms with Crippen molar-refractivity contribution in [3.05, 3.63) is 70.7 Å². The van der Waals surface area contributed by atoms with Gasteiger partial charge in [0.2, 0.25) is 0 Å². The predicted octanol–water partition coefficient (Wildman–Crippen LogP) is 4.16. The minimum absolute atomic E-state index is 0.0241. The zero-order valence-corrected chi connectivity index (χ0v) is 11.6. The molecule has 0 radical (unpaired) electrons. The van der Waals surface area contributed by atoms with Gasteiger partial charge < -0.3 is 5.73 Å². The fourth-order valence-corrected chi connectivity index (χ4v) is 2.89. The monoisotopic (exact) mass is 271 g/mol. The first-order valence-electron chi connectivity index (χ1n) is 6.76. The largest absolute Gasteiger partial charge is 0.325 e. The first kappa shape index (κ1) is 12.7. The Morgan fingerprint density at radius 2 is 1.74 bits per heavy atom. The highest BCUT2D eigenvalue weighted by molar-refractivity contribution is 6.30. The molecule has 3 rings (SSSR count). The van der Waals surface area contributed by atoms with Gasteiger partial charge in [-0.2, -0.15) is 0 Å². The Labute approximate surface area is 119 Å². The van der Waals surface area contributed by atoms with Gasteiger partial charge in [0.1, 0.15) is 0 Å². The SMILES string of the molecule is N[C@]1(CCc2ccccc2)C[C@@H]1c1ccc(Cl)cc1. The lowest BCUT2D eigenvalue weighted by Crippen LogP contribution is -2.25. The zero-order chi connectivity index (χ0) is 13.3. The van der Waals surface area contributed by atoms with Gasteiger partial charge in [0.15, 0.2) is 0 Å². The highest BCUT2D eigenvalue weighted by atomic mass is 35.5. The van der Waals surface area contributed by atoms with Crippen LogP contribution in [0.15, 0.2) is 54.6 Å². The van der Waals surface area contributed by atoms with Crippen LogP contribution in [0.2, 0.25) is 5.02 Å². The highest BCUT2D eigenvalue weighted by Gasteiger charge is 2.50. The summed E-state index contributed by atoms with van der Waals surface area (Å²) >= 11 is 5.92. The summed E-state index contributed by atoms with van der Waals surface area (Å²) in [5, 5.41) is 0.788. The summed E-state index contributed by atoms with van der Waals surface area (Å²) in [6.45, 7) is 0. The molecular weight excluding hydrogens is 254 g/mol. The van der Waals surface area contributed by atoms with Crippen molar-refractivity contribution in [1.82, 2.24) is 0 Å². The van der Waals surface area contributed by atoms with E-state index in [2.05, 4.69) is 42.5 Å². The van der Waals surface area contributed by atoms with Crippen molar-refractivity contribution in [2.75, 3.05) is 0 Å². The van der Waals surface area contributed by atoms with Crippen LogP contribution in [0.25, 0.3) is 0 Å². The molecular formula is C17H18ClN. The Bertz CT molecular complexity index is 549. The van der Waals surface area contributed by atoms with Crippen LogP contribution < -0.4 is 5.73 Å². The standard InChI is InChI=1S/C17H18ClN/c18-15-8-6-14(7-9-15)16-12-17(16,19)11-10-13-4-2-1-3-5-13/h1-9,16H,10-12,19H2/t16-,17-/m1/s1. The lowest BCUT2D eigenvalue weighted by molar-refractivity contribution is 0.589. The Balaban J connectivity index is 1.62. The Kier molecular flexibility index (Phi) is 3.34. The predicted molar refractivity (Wildman–Crippen MR) is 80.5 cm³/mol. The fourth-order valence-electron chi connectivity index (χ4n) is 2.76. The van der Waals surface area contributed by atoms with E-state index in [1.807, 2.05) is 12.1 Å². The van der Waals surface area contributed by atoms with Crippen molar-refractivity contribution in [3.8, 4) is 0 Å². The molecule has 0 saturated heterocycles. The molecule has 98 valence electrons. The lowest BCUT2D eigenvalue weighted by atomic mass is 10.00. The number of halogens is 1. The molecule has 0 spiro atoms. The molecule has 2 aromatic rings. The fraction of sp³-hybridized carbons (Fsp3) is 0.294. The van der Waals surface area contributed by atoms with Crippen LogP contribution in [0.5, 0.6) is 0 Å². The molecule has 1 saturated carbocycles.